The van der Waals surface area contributed by atoms with Crippen molar-refractivity contribution in [1.82, 2.24) is 9.88 Å². The molecule has 0 saturated carbocycles. The van der Waals surface area contributed by atoms with Crippen LogP contribution in [0.1, 0.15) is 52.1 Å². The number of amides is 3. The highest BCUT2D eigenvalue weighted by molar-refractivity contribution is 8.01. The van der Waals surface area contributed by atoms with Crippen molar-refractivity contribution in [3.05, 3.63) is 35.3 Å². The summed E-state index contributed by atoms with van der Waals surface area (Å²) in [6.07, 6.45) is 4.44. The zero-order chi connectivity index (χ0) is 23.3. The molecule has 0 radical (unpaired) electrons. The molecule has 0 aliphatic carbocycles. The average Bonchev–Trinajstić information content (AvgIpc) is 3.19. The number of thiazole rings is 1. The van der Waals surface area contributed by atoms with E-state index < -0.39 is 0 Å². The quantitative estimate of drug-likeness (QED) is 0.405. The van der Waals surface area contributed by atoms with Gasteiger partial charge in [-0.15, -0.1) is 11.3 Å². The number of nitrogens with zero attached hydrogens (tertiary/aromatic N) is 2. The first-order valence-electron chi connectivity index (χ1n) is 10.9. The van der Waals surface area contributed by atoms with Gasteiger partial charge in [-0.2, -0.15) is 0 Å². The lowest BCUT2D eigenvalue weighted by atomic mass is 10.2. The first-order chi connectivity index (χ1) is 15.4. The van der Waals surface area contributed by atoms with E-state index in [0.717, 1.165) is 48.8 Å². The molecule has 0 atom stereocenters. The number of nitrogens with one attached hydrogen (secondary N) is 2. The fourth-order valence-corrected chi connectivity index (χ4v) is 4.61. The fourth-order valence-electron chi connectivity index (χ4n) is 2.96. The number of aromatic nitrogens is 1. The normalized spacial score (nSPS) is 10.6. The summed E-state index contributed by atoms with van der Waals surface area (Å²) in [5.41, 5.74) is 2.00. The van der Waals surface area contributed by atoms with Crippen LogP contribution >= 0.6 is 23.1 Å². The van der Waals surface area contributed by atoms with E-state index in [9.17, 15) is 14.4 Å². The third-order valence-corrected chi connectivity index (χ3v) is 6.64. The monoisotopic (exact) mass is 476 g/mol. The lowest BCUT2D eigenvalue weighted by Crippen LogP contribution is -2.34. The van der Waals surface area contributed by atoms with E-state index in [1.54, 1.807) is 24.3 Å². The van der Waals surface area contributed by atoms with Gasteiger partial charge in [-0.1, -0.05) is 44.5 Å². The lowest BCUT2D eigenvalue weighted by Gasteiger charge is -2.22. The SMILES string of the molecule is CCCCN(CCCC)C(=O)Cc1csc(SCC(=O)Nc2cccc(NC(C)=O)c2)n1. The molecule has 0 fully saturated rings. The van der Waals surface area contributed by atoms with E-state index in [0.29, 0.717) is 17.8 Å². The van der Waals surface area contributed by atoms with Gasteiger partial charge < -0.3 is 15.5 Å². The molecule has 2 rings (SSSR count). The molecule has 1 aromatic heterocycles. The van der Waals surface area contributed by atoms with E-state index >= 15 is 0 Å². The summed E-state index contributed by atoms with van der Waals surface area (Å²) >= 11 is 2.80. The number of carbonyl (C=O) groups excluding carboxylic acids is 3. The van der Waals surface area contributed by atoms with Crippen molar-refractivity contribution >= 4 is 52.2 Å². The molecule has 2 aromatic rings. The second-order valence-corrected chi connectivity index (χ2v) is 9.55. The molecule has 0 saturated heterocycles. The summed E-state index contributed by atoms with van der Waals surface area (Å²) in [6, 6.07) is 7.00. The minimum Gasteiger partial charge on any atom is -0.342 e. The van der Waals surface area contributed by atoms with Gasteiger partial charge in [0, 0.05) is 36.8 Å². The third kappa shape index (κ3) is 9.40. The molecule has 0 bridgehead atoms. The Kier molecular flexibility index (Phi) is 11.2. The smallest absolute Gasteiger partial charge is 0.234 e. The van der Waals surface area contributed by atoms with Crippen molar-refractivity contribution in [3.63, 3.8) is 0 Å². The van der Waals surface area contributed by atoms with Gasteiger partial charge in [0.2, 0.25) is 17.7 Å². The standard InChI is InChI=1S/C23H32N4O3S2/c1-4-6-11-27(12-7-5-2)22(30)14-20-15-31-23(26-20)32-16-21(29)25-19-10-8-9-18(13-19)24-17(3)28/h8-10,13,15H,4-7,11-12,14,16H2,1-3H3,(H,24,28)(H,25,29). The van der Waals surface area contributed by atoms with E-state index in [1.165, 1.54) is 30.0 Å². The summed E-state index contributed by atoms with van der Waals surface area (Å²) in [4.78, 5) is 42.6. The number of rotatable bonds is 13. The van der Waals surface area contributed by atoms with Gasteiger partial charge >= 0.3 is 0 Å². The van der Waals surface area contributed by atoms with Crippen LogP contribution in [0.25, 0.3) is 0 Å². The molecule has 0 unspecified atom stereocenters. The molecule has 9 heteroatoms. The predicted molar refractivity (Wildman–Crippen MR) is 132 cm³/mol. The molecule has 7 nitrogen and oxygen atoms in total. The Balaban J connectivity index is 1.84. The maximum Gasteiger partial charge on any atom is 0.234 e. The molecule has 32 heavy (non-hydrogen) atoms. The highest BCUT2D eigenvalue weighted by atomic mass is 32.2. The number of hydrogen-bond acceptors (Lipinski definition) is 6. The van der Waals surface area contributed by atoms with Crippen LogP contribution in [-0.2, 0) is 20.8 Å². The van der Waals surface area contributed by atoms with E-state index in [-0.39, 0.29) is 23.5 Å². The van der Waals surface area contributed by atoms with E-state index in [2.05, 4.69) is 29.5 Å². The zero-order valence-corrected chi connectivity index (χ0v) is 20.6. The first kappa shape index (κ1) is 25.9. The maximum absolute atomic E-state index is 12.7. The molecule has 0 spiro atoms. The van der Waals surface area contributed by atoms with Crippen LogP contribution in [0.15, 0.2) is 34.0 Å². The number of hydrogen-bond donors (Lipinski definition) is 2. The van der Waals surface area contributed by atoms with Crippen molar-refractivity contribution in [3.8, 4) is 0 Å². The van der Waals surface area contributed by atoms with Crippen molar-refractivity contribution in [2.45, 2.75) is 57.2 Å². The Morgan fingerprint density at radius 1 is 1.06 bits per heavy atom. The number of anilines is 2. The molecule has 0 aliphatic heterocycles. The van der Waals surface area contributed by atoms with Crippen LogP contribution in [-0.4, -0.2) is 46.4 Å². The molecule has 174 valence electrons. The summed E-state index contributed by atoms with van der Waals surface area (Å²) in [7, 11) is 0. The predicted octanol–water partition coefficient (Wildman–Crippen LogP) is 4.80. The largest absolute Gasteiger partial charge is 0.342 e. The summed E-state index contributed by atoms with van der Waals surface area (Å²) < 4.78 is 0.767. The van der Waals surface area contributed by atoms with Gasteiger partial charge in [-0.3, -0.25) is 14.4 Å². The van der Waals surface area contributed by atoms with Gasteiger partial charge in [0.1, 0.15) is 0 Å². The van der Waals surface area contributed by atoms with Crippen LogP contribution in [0.2, 0.25) is 0 Å². The zero-order valence-electron chi connectivity index (χ0n) is 19.0. The van der Waals surface area contributed by atoms with Gasteiger partial charge in [0.05, 0.1) is 17.9 Å². The van der Waals surface area contributed by atoms with Crippen molar-refractivity contribution in [1.29, 1.82) is 0 Å². The third-order valence-electron chi connectivity index (χ3n) is 4.57. The van der Waals surface area contributed by atoms with Crippen LogP contribution in [0.3, 0.4) is 0 Å². The molecule has 2 N–H and O–H groups in total. The summed E-state index contributed by atoms with van der Waals surface area (Å²) in [5.74, 6) is 0.00397. The highest BCUT2D eigenvalue weighted by Crippen LogP contribution is 2.24. The molecule has 3 amide bonds. The average molecular weight is 477 g/mol. The van der Waals surface area contributed by atoms with Gasteiger partial charge in [-0.05, 0) is 31.0 Å². The Morgan fingerprint density at radius 2 is 1.72 bits per heavy atom. The topological polar surface area (TPSA) is 91.4 Å². The minimum atomic E-state index is -0.166. The molecule has 1 aromatic carbocycles. The van der Waals surface area contributed by atoms with E-state index in [4.69, 9.17) is 0 Å². The highest BCUT2D eigenvalue weighted by Gasteiger charge is 2.15. The van der Waals surface area contributed by atoms with Crippen molar-refractivity contribution < 1.29 is 14.4 Å². The van der Waals surface area contributed by atoms with E-state index in [1.807, 2.05) is 10.3 Å². The van der Waals surface area contributed by atoms with Gasteiger partial charge in [-0.25, -0.2) is 4.98 Å². The Bertz CT molecular complexity index is 893. The van der Waals surface area contributed by atoms with Crippen LogP contribution < -0.4 is 10.6 Å². The van der Waals surface area contributed by atoms with Gasteiger partial charge in [0.15, 0.2) is 4.34 Å². The van der Waals surface area contributed by atoms with Crippen LogP contribution in [0.5, 0.6) is 0 Å². The molecular weight excluding hydrogens is 444 g/mol. The lowest BCUT2D eigenvalue weighted by molar-refractivity contribution is -0.130. The first-order valence-corrected chi connectivity index (χ1v) is 12.8. The van der Waals surface area contributed by atoms with Gasteiger partial charge in [0.25, 0.3) is 0 Å². The second-order valence-electron chi connectivity index (χ2n) is 7.47. The van der Waals surface area contributed by atoms with Crippen LogP contribution in [0, 0.1) is 0 Å². The number of unbranched alkanes of at least 4 members (excludes halogenated alkanes) is 2. The van der Waals surface area contributed by atoms with Crippen molar-refractivity contribution in [2.24, 2.45) is 0 Å². The summed E-state index contributed by atoms with van der Waals surface area (Å²) in [6.45, 7) is 7.28. The number of thioether (sulfide) groups is 1. The summed E-state index contributed by atoms with van der Waals surface area (Å²) in [5, 5.41) is 7.41. The Hall–Kier alpha value is -2.39. The Labute approximate surface area is 198 Å². The Morgan fingerprint density at radius 3 is 2.34 bits per heavy atom. The molecule has 0 aliphatic rings. The number of carbonyl (C=O) groups is 3. The van der Waals surface area contributed by atoms with Crippen LogP contribution in [0.4, 0.5) is 11.4 Å². The molecule has 1 heterocycles. The van der Waals surface area contributed by atoms with Crippen molar-refractivity contribution in [2.75, 3.05) is 29.5 Å². The maximum atomic E-state index is 12.7. The fraction of sp³-hybridized carbons (Fsp3) is 0.478. The number of benzene rings is 1. The molecular formula is C23H32N4O3S2. The second kappa shape index (κ2) is 13.9. The minimum absolute atomic E-state index is 0.116.